The van der Waals surface area contributed by atoms with Crippen LogP contribution in [0.2, 0.25) is 0 Å². The molecule has 0 bridgehead atoms. The summed E-state index contributed by atoms with van der Waals surface area (Å²) in [6.45, 7) is 3.90. The Morgan fingerprint density at radius 3 is 2.83 bits per heavy atom. The Balaban J connectivity index is 1.65. The Kier molecular flexibility index (Phi) is 4.99. The van der Waals surface area contributed by atoms with Crippen molar-refractivity contribution in [3.8, 4) is 5.75 Å². The number of aryl methyl sites for hydroxylation is 1. The summed E-state index contributed by atoms with van der Waals surface area (Å²) < 4.78 is 5.31. The van der Waals surface area contributed by atoms with E-state index < -0.39 is 0 Å². The molecule has 128 valence electrons. The van der Waals surface area contributed by atoms with E-state index in [1.165, 1.54) is 0 Å². The summed E-state index contributed by atoms with van der Waals surface area (Å²) in [5.74, 6) is 1.16. The first kappa shape index (κ1) is 16.7. The second-order valence-corrected chi connectivity index (χ2v) is 6.99. The topological polar surface area (TPSA) is 76.1 Å². The molecule has 0 saturated heterocycles. The van der Waals surface area contributed by atoms with Crippen molar-refractivity contribution in [2.75, 3.05) is 7.11 Å². The second kappa shape index (κ2) is 7.17. The van der Waals surface area contributed by atoms with Crippen LogP contribution in [-0.2, 0) is 0 Å². The van der Waals surface area contributed by atoms with E-state index >= 15 is 0 Å². The Hall–Kier alpha value is -2.15. The van der Waals surface area contributed by atoms with Crippen LogP contribution in [0.3, 0.4) is 0 Å². The fourth-order valence-corrected chi connectivity index (χ4v) is 3.64. The molecule has 2 unspecified atom stereocenters. The third-order valence-corrected chi connectivity index (χ3v) is 5.18. The van der Waals surface area contributed by atoms with Gasteiger partial charge in [0.05, 0.1) is 25.4 Å². The molecule has 7 heteroatoms. The maximum atomic E-state index is 12.4. The maximum absolute atomic E-state index is 12.4. The largest absolute Gasteiger partial charge is 0.495 e. The predicted octanol–water partition coefficient (Wildman–Crippen LogP) is 3.37. The van der Waals surface area contributed by atoms with Gasteiger partial charge in [0.15, 0.2) is 0 Å². The lowest BCUT2D eigenvalue weighted by Gasteiger charge is -2.20. The molecule has 2 heterocycles. The lowest BCUT2D eigenvalue weighted by atomic mass is 10.1. The van der Waals surface area contributed by atoms with Crippen molar-refractivity contribution in [1.82, 2.24) is 20.6 Å². The number of hydrogen-bond donors (Lipinski definition) is 2. The zero-order valence-corrected chi connectivity index (χ0v) is 14.9. The number of urea groups is 1. The highest BCUT2D eigenvalue weighted by atomic mass is 32.1. The van der Waals surface area contributed by atoms with E-state index in [9.17, 15) is 4.79 Å². The molecule has 24 heavy (non-hydrogen) atoms. The van der Waals surface area contributed by atoms with Crippen molar-refractivity contribution in [3.05, 3.63) is 40.1 Å². The Labute approximate surface area is 145 Å². The number of ether oxygens (including phenoxy) is 1. The number of methoxy groups -OCH3 is 1. The van der Waals surface area contributed by atoms with E-state index in [0.717, 1.165) is 29.1 Å². The highest BCUT2D eigenvalue weighted by Crippen LogP contribution is 2.41. The Morgan fingerprint density at radius 2 is 2.21 bits per heavy atom. The van der Waals surface area contributed by atoms with Gasteiger partial charge in [-0.25, -0.2) is 9.78 Å². The van der Waals surface area contributed by atoms with Crippen molar-refractivity contribution in [3.63, 3.8) is 0 Å². The summed E-state index contributed by atoms with van der Waals surface area (Å²) in [6.07, 6.45) is 5.62. The molecule has 1 aliphatic rings. The number of aromatic nitrogens is 2. The first-order valence-electron chi connectivity index (χ1n) is 8.05. The summed E-state index contributed by atoms with van der Waals surface area (Å²) in [6, 6.07) is 1.48. The van der Waals surface area contributed by atoms with Gasteiger partial charge in [0.25, 0.3) is 0 Å². The van der Waals surface area contributed by atoms with Crippen LogP contribution in [-0.4, -0.2) is 23.1 Å². The van der Waals surface area contributed by atoms with Crippen LogP contribution in [0.5, 0.6) is 5.75 Å². The minimum absolute atomic E-state index is 0.00441. The number of hydrogen-bond acceptors (Lipinski definition) is 5. The Bertz CT molecular complexity index is 714. The molecule has 0 aromatic carbocycles. The molecule has 6 nitrogen and oxygen atoms in total. The lowest BCUT2D eigenvalue weighted by Crippen LogP contribution is -2.40. The van der Waals surface area contributed by atoms with Crippen LogP contribution >= 0.6 is 11.3 Å². The van der Waals surface area contributed by atoms with Crippen LogP contribution < -0.4 is 15.4 Å². The van der Waals surface area contributed by atoms with Gasteiger partial charge in [-0.1, -0.05) is 0 Å². The van der Waals surface area contributed by atoms with Crippen LogP contribution in [0, 0.1) is 12.8 Å². The molecule has 0 radical (unpaired) electrons. The summed E-state index contributed by atoms with van der Waals surface area (Å²) in [7, 11) is 1.60. The molecule has 2 N–H and O–H groups in total. The van der Waals surface area contributed by atoms with Crippen molar-refractivity contribution in [1.29, 1.82) is 0 Å². The van der Waals surface area contributed by atoms with Crippen LogP contribution in [0.4, 0.5) is 4.79 Å². The van der Waals surface area contributed by atoms with Gasteiger partial charge in [0.2, 0.25) is 0 Å². The van der Waals surface area contributed by atoms with Crippen molar-refractivity contribution in [2.45, 2.75) is 38.8 Å². The highest BCUT2D eigenvalue weighted by molar-refractivity contribution is 7.09. The van der Waals surface area contributed by atoms with Gasteiger partial charge in [0.1, 0.15) is 10.8 Å². The fraction of sp³-hybridized carbons (Fsp3) is 0.471. The number of nitrogens with zero attached hydrogens (tertiary/aromatic N) is 2. The van der Waals surface area contributed by atoms with Crippen LogP contribution in [0.25, 0.3) is 0 Å². The molecule has 0 aliphatic heterocycles. The summed E-state index contributed by atoms with van der Waals surface area (Å²) >= 11 is 1.61. The fourth-order valence-electron chi connectivity index (χ4n) is 2.70. The van der Waals surface area contributed by atoms with Gasteiger partial charge < -0.3 is 15.4 Å². The number of thiazole rings is 1. The van der Waals surface area contributed by atoms with Crippen LogP contribution in [0.1, 0.15) is 48.1 Å². The molecule has 1 fully saturated rings. The summed E-state index contributed by atoms with van der Waals surface area (Å²) in [5.41, 5.74) is 1.90. The average Bonchev–Trinajstić information content (AvgIpc) is 3.33. The van der Waals surface area contributed by atoms with Gasteiger partial charge in [-0.15, -0.1) is 11.3 Å². The van der Waals surface area contributed by atoms with Crippen molar-refractivity contribution < 1.29 is 9.53 Å². The molecular weight excluding hydrogens is 324 g/mol. The van der Waals surface area contributed by atoms with E-state index in [2.05, 4.69) is 20.6 Å². The number of pyridine rings is 1. The monoisotopic (exact) mass is 346 g/mol. The summed E-state index contributed by atoms with van der Waals surface area (Å²) in [4.78, 5) is 21.0. The van der Waals surface area contributed by atoms with Gasteiger partial charge in [-0.2, -0.15) is 0 Å². The SMILES string of the molecule is COc1cnccc1C(C)NC(=O)NC(c1nc(C)cs1)C1CC1. The Morgan fingerprint density at radius 1 is 1.42 bits per heavy atom. The third kappa shape index (κ3) is 3.84. The number of amides is 2. The molecule has 1 saturated carbocycles. The van der Waals surface area contributed by atoms with E-state index in [4.69, 9.17) is 4.74 Å². The number of rotatable bonds is 6. The molecule has 2 amide bonds. The van der Waals surface area contributed by atoms with Crippen molar-refractivity contribution in [2.24, 2.45) is 5.92 Å². The van der Waals surface area contributed by atoms with Crippen molar-refractivity contribution >= 4 is 17.4 Å². The van der Waals surface area contributed by atoms with Gasteiger partial charge in [0, 0.05) is 22.8 Å². The van der Waals surface area contributed by atoms with E-state index in [-0.39, 0.29) is 18.1 Å². The minimum Gasteiger partial charge on any atom is -0.495 e. The third-order valence-electron chi connectivity index (χ3n) is 4.13. The zero-order chi connectivity index (χ0) is 17.1. The number of nitrogens with one attached hydrogen (secondary N) is 2. The standard InChI is InChI=1S/C17H22N4O2S/c1-10-9-24-16(19-10)15(12-4-5-12)21-17(22)20-11(2)13-6-7-18-8-14(13)23-3/h6-9,11-12,15H,4-5H2,1-3H3,(H2,20,21,22). The first-order chi connectivity index (χ1) is 11.6. The smallest absolute Gasteiger partial charge is 0.315 e. The van der Waals surface area contributed by atoms with E-state index in [0.29, 0.717) is 11.7 Å². The van der Waals surface area contributed by atoms with Gasteiger partial charge in [-0.3, -0.25) is 4.98 Å². The molecule has 3 rings (SSSR count). The van der Waals surface area contributed by atoms with Gasteiger partial charge in [-0.05, 0) is 38.7 Å². The number of carbonyl (C=O) groups excluding carboxylic acids is 1. The van der Waals surface area contributed by atoms with Gasteiger partial charge >= 0.3 is 6.03 Å². The second-order valence-electron chi connectivity index (χ2n) is 6.10. The zero-order valence-electron chi connectivity index (χ0n) is 14.1. The lowest BCUT2D eigenvalue weighted by molar-refractivity contribution is 0.232. The molecular formula is C17H22N4O2S. The van der Waals surface area contributed by atoms with E-state index in [1.807, 2.05) is 25.3 Å². The van der Waals surface area contributed by atoms with E-state index in [1.54, 1.807) is 30.8 Å². The molecule has 2 aromatic rings. The quantitative estimate of drug-likeness (QED) is 0.841. The normalized spacial score (nSPS) is 16.3. The average molecular weight is 346 g/mol. The highest BCUT2D eigenvalue weighted by Gasteiger charge is 2.35. The molecule has 1 aliphatic carbocycles. The van der Waals surface area contributed by atoms with Crippen LogP contribution in [0.15, 0.2) is 23.8 Å². The summed E-state index contributed by atoms with van der Waals surface area (Å²) in [5, 5.41) is 9.08. The molecule has 0 spiro atoms. The predicted molar refractivity (Wildman–Crippen MR) is 93.2 cm³/mol. The molecule has 2 atom stereocenters. The first-order valence-corrected chi connectivity index (χ1v) is 8.93. The minimum atomic E-state index is -0.189. The maximum Gasteiger partial charge on any atom is 0.315 e. The molecule has 2 aromatic heterocycles. The number of carbonyl (C=O) groups is 1.